The molecule has 1 saturated carbocycles. The monoisotopic (exact) mass is 276 g/mol. The molecule has 0 unspecified atom stereocenters. The van der Waals surface area contributed by atoms with E-state index in [9.17, 15) is 0 Å². The first kappa shape index (κ1) is 14.1. The minimum atomic E-state index is 0.671. The molecule has 1 N–H and O–H groups in total. The lowest BCUT2D eigenvalue weighted by molar-refractivity contribution is 0.174. The van der Waals surface area contributed by atoms with Crippen molar-refractivity contribution in [1.29, 1.82) is 0 Å². The molecule has 0 spiro atoms. The van der Waals surface area contributed by atoms with Crippen molar-refractivity contribution in [3.8, 4) is 0 Å². The minimum Gasteiger partial charge on any atom is -0.319 e. The van der Waals surface area contributed by atoms with Crippen LogP contribution in [0, 0.1) is 5.92 Å². The summed E-state index contributed by atoms with van der Waals surface area (Å²) < 4.78 is 2.22. The van der Waals surface area contributed by atoms with Gasteiger partial charge in [-0.05, 0) is 64.3 Å². The number of nitrogens with zero attached hydrogens (tertiary/aromatic N) is 3. The summed E-state index contributed by atoms with van der Waals surface area (Å²) in [5.41, 5.74) is 1.25. The maximum Gasteiger partial charge on any atom is 0.0764 e. The van der Waals surface area contributed by atoms with Gasteiger partial charge in [0.15, 0.2) is 0 Å². The molecule has 2 aliphatic rings. The normalized spacial score (nSPS) is 22.6. The summed E-state index contributed by atoms with van der Waals surface area (Å²) in [7, 11) is 2.06. The third-order valence-corrected chi connectivity index (χ3v) is 4.95. The van der Waals surface area contributed by atoms with E-state index in [4.69, 9.17) is 5.10 Å². The van der Waals surface area contributed by atoms with E-state index < -0.39 is 0 Å². The lowest BCUT2D eigenvalue weighted by Gasteiger charge is -2.31. The van der Waals surface area contributed by atoms with Crippen molar-refractivity contribution in [1.82, 2.24) is 20.0 Å². The van der Waals surface area contributed by atoms with Crippen LogP contribution < -0.4 is 5.32 Å². The molecule has 0 bridgehead atoms. The molecule has 0 amide bonds. The standard InChI is InChI=1S/C16H28N4/c1-17-12-14-6-9-19(10-7-14)13-15-8-11-20(18-15)16-4-2-3-5-16/h8,11,14,16-17H,2-7,9-10,12-13H2,1H3. The zero-order chi connectivity index (χ0) is 13.8. The summed E-state index contributed by atoms with van der Waals surface area (Å²) in [5, 5.41) is 8.11. The Morgan fingerprint density at radius 2 is 1.95 bits per heavy atom. The molecule has 0 atom stereocenters. The van der Waals surface area contributed by atoms with Crippen LogP contribution in [0.1, 0.15) is 50.3 Å². The molecule has 0 radical (unpaired) electrons. The molecule has 2 fully saturated rings. The van der Waals surface area contributed by atoms with Gasteiger partial charge in [0.1, 0.15) is 0 Å². The van der Waals surface area contributed by atoms with Crippen LogP contribution in [-0.4, -0.2) is 41.4 Å². The maximum atomic E-state index is 4.80. The fraction of sp³-hybridized carbons (Fsp3) is 0.812. The number of likely N-dealkylation sites (tertiary alicyclic amines) is 1. The third kappa shape index (κ3) is 3.41. The van der Waals surface area contributed by atoms with Crippen LogP contribution in [0.2, 0.25) is 0 Å². The van der Waals surface area contributed by atoms with Crippen LogP contribution in [0.5, 0.6) is 0 Å². The highest BCUT2D eigenvalue weighted by molar-refractivity contribution is 5.00. The fourth-order valence-electron chi connectivity index (χ4n) is 3.70. The van der Waals surface area contributed by atoms with E-state index in [1.807, 2.05) is 0 Å². The van der Waals surface area contributed by atoms with E-state index in [0.29, 0.717) is 6.04 Å². The van der Waals surface area contributed by atoms with Gasteiger partial charge in [-0.15, -0.1) is 0 Å². The van der Waals surface area contributed by atoms with E-state index in [-0.39, 0.29) is 0 Å². The predicted octanol–water partition coefficient (Wildman–Crippen LogP) is 2.43. The van der Waals surface area contributed by atoms with E-state index in [0.717, 1.165) is 12.5 Å². The van der Waals surface area contributed by atoms with Gasteiger partial charge in [0, 0.05) is 12.7 Å². The number of nitrogens with one attached hydrogen (secondary N) is 1. The number of hydrogen-bond acceptors (Lipinski definition) is 3. The van der Waals surface area contributed by atoms with Gasteiger partial charge in [-0.1, -0.05) is 12.8 Å². The first-order valence-corrected chi connectivity index (χ1v) is 8.26. The molecule has 4 heteroatoms. The van der Waals surface area contributed by atoms with Crippen molar-refractivity contribution in [3.05, 3.63) is 18.0 Å². The van der Waals surface area contributed by atoms with Crippen molar-refractivity contribution in [2.75, 3.05) is 26.7 Å². The van der Waals surface area contributed by atoms with Gasteiger partial charge in [0.25, 0.3) is 0 Å². The Labute approximate surface area is 122 Å². The molecule has 1 aromatic rings. The third-order valence-electron chi connectivity index (χ3n) is 4.95. The second kappa shape index (κ2) is 6.72. The highest BCUT2D eigenvalue weighted by Gasteiger charge is 2.21. The zero-order valence-corrected chi connectivity index (χ0v) is 12.7. The van der Waals surface area contributed by atoms with Crippen molar-refractivity contribution in [2.24, 2.45) is 5.92 Å². The summed E-state index contributed by atoms with van der Waals surface area (Å²) in [6, 6.07) is 2.89. The SMILES string of the molecule is CNCC1CCN(Cc2ccn(C3CCCC3)n2)CC1. The van der Waals surface area contributed by atoms with Crippen LogP contribution in [0.3, 0.4) is 0 Å². The van der Waals surface area contributed by atoms with Gasteiger partial charge in [-0.2, -0.15) is 5.10 Å². The van der Waals surface area contributed by atoms with Gasteiger partial charge in [0.2, 0.25) is 0 Å². The minimum absolute atomic E-state index is 0.671. The number of aromatic nitrogens is 2. The molecule has 20 heavy (non-hydrogen) atoms. The van der Waals surface area contributed by atoms with Crippen LogP contribution >= 0.6 is 0 Å². The second-order valence-corrected chi connectivity index (χ2v) is 6.50. The number of piperidine rings is 1. The molecule has 1 aliphatic heterocycles. The molecule has 1 aromatic heterocycles. The predicted molar refractivity (Wildman–Crippen MR) is 81.7 cm³/mol. The smallest absolute Gasteiger partial charge is 0.0764 e. The Hall–Kier alpha value is -0.870. The molecule has 1 saturated heterocycles. The Kier molecular flexibility index (Phi) is 4.73. The summed E-state index contributed by atoms with van der Waals surface area (Å²) in [6.07, 6.45) is 10.2. The van der Waals surface area contributed by atoms with Crippen molar-refractivity contribution < 1.29 is 0 Å². The van der Waals surface area contributed by atoms with Gasteiger partial charge < -0.3 is 5.32 Å². The quantitative estimate of drug-likeness (QED) is 0.896. The van der Waals surface area contributed by atoms with E-state index >= 15 is 0 Å². The zero-order valence-electron chi connectivity index (χ0n) is 12.7. The molecular weight excluding hydrogens is 248 g/mol. The average molecular weight is 276 g/mol. The van der Waals surface area contributed by atoms with Gasteiger partial charge in [0.05, 0.1) is 11.7 Å². The average Bonchev–Trinajstić information content (AvgIpc) is 3.12. The fourth-order valence-corrected chi connectivity index (χ4v) is 3.70. The summed E-state index contributed by atoms with van der Waals surface area (Å²) >= 11 is 0. The summed E-state index contributed by atoms with van der Waals surface area (Å²) in [4.78, 5) is 2.56. The Balaban J connectivity index is 1.49. The number of hydrogen-bond donors (Lipinski definition) is 1. The van der Waals surface area contributed by atoms with Crippen LogP contribution in [-0.2, 0) is 6.54 Å². The van der Waals surface area contributed by atoms with Gasteiger partial charge >= 0.3 is 0 Å². The van der Waals surface area contributed by atoms with Crippen LogP contribution in [0.15, 0.2) is 12.3 Å². The molecule has 2 heterocycles. The van der Waals surface area contributed by atoms with Crippen LogP contribution in [0.4, 0.5) is 0 Å². The van der Waals surface area contributed by atoms with Crippen molar-refractivity contribution >= 4 is 0 Å². The van der Waals surface area contributed by atoms with Crippen LogP contribution in [0.25, 0.3) is 0 Å². The molecule has 4 nitrogen and oxygen atoms in total. The topological polar surface area (TPSA) is 33.1 Å². The van der Waals surface area contributed by atoms with Crippen molar-refractivity contribution in [2.45, 2.75) is 51.1 Å². The molecule has 3 rings (SSSR count). The highest BCUT2D eigenvalue weighted by Crippen LogP contribution is 2.28. The first-order chi connectivity index (χ1) is 9.85. The second-order valence-electron chi connectivity index (χ2n) is 6.50. The van der Waals surface area contributed by atoms with E-state index in [2.05, 4.69) is 34.2 Å². The molecule has 112 valence electrons. The van der Waals surface area contributed by atoms with E-state index in [1.54, 1.807) is 0 Å². The first-order valence-electron chi connectivity index (χ1n) is 8.26. The molecular formula is C16H28N4. The van der Waals surface area contributed by atoms with Crippen molar-refractivity contribution in [3.63, 3.8) is 0 Å². The Morgan fingerprint density at radius 3 is 2.65 bits per heavy atom. The van der Waals surface area contributed by atoms with Gasteiger partial charge in [-0.25, -0.2) is 0 Å². The van der Waals surface area contributed by atoms with Gasteiger partial charge in [-0.3, -0.25) is 9.58 Å². The highest BCUT2D eigenvalue weighted by atomic mass is 15.3. The van der Waals surface area contributed by atoms with E-state index in [1.165, 1.54) is 63.9 Å². The molecule has 1 aliphatic carbocycles. The summed E-state index contributed by atoms with van der Waals surface area (Å²) in [6.45, 7) is 4.65. The maximum absolute atomic E-state index is 4.80. The summed E-state index contributed by atoms with van der Waals surface area (Å²) in [5.74, 6) is 0.868. The molecule has 0 aromatic carbocycles. The number of rotatable bonds is 5. The Bertz CT molecular complexity index is 400. The largest absolute Gasteiger partial charge is 0.319 e. The lowest BCUT2D eigenvalue weighted by atomic mass is 9.97. The Morgan fingerprint density at radius 1 is 1.20 bits per heavy atom. The lowest BCUT2D eigenvalue weighted by Crippen LogP contribution is -2.36.